The van der Waals surface area contributed by atoms with E-state index in [9.17, 15) is 5.11 Å². The highest BCUT2D eigenvalue weighted by Gasteiger charge is 2.42. The molecule has 100 valence electrons. The summed E-state index contributed by atoms with van der Waals surface area (Å²) in [4.78, 5) is 2.38. The van der Waals surface area contributed by atoms with Crippen molar-refractivity contribution < 1.29 is 9.84 Å². The Bertz CT molecular complexity index is 267. The molecule has 0 aromatic carbocycles. The Morgan fingerprint density at radius 3 is 2.53 bits per heavy atom. The van der Waals surface area contributed by atoms with E-state index in [2.05, 4.69) is 32.7 Å². The summed E-state index contributed by atoms with van der Waals surface area (Å²) in [5.74, 6) is 0. The van der Waals surface area contributed by atoms with Gasteiger partial charge in [0.05, 0.1) is 12.2 Å². The summed E-state index contributed by atoms with van der Waals surface area (Å²) in [6, 6.07) is 0.774. The highest BCUT2D eigenvalue weighted by molar-refractivity contribution is 4.95. The summed E-state index contributed by atoms with van der Waals surface area (Å²) < 4.78 is 5.64. The molecule has 1 aliphatic heterocycles. The lowest BCUT2D eigenvalue weighted by atomic mass is 9.72. The molecule has 4 unspecified atom stereocenters. The SMILES string of the molecule is CC1OCCC1N(C)C1CCCC(C)(C)C1O. The van der Waals surface area contributed by atoms with E-state index in [1.54, 1.807) is 0 Å². The predicted octanol–water partition coefficient (Wildman–Crippen LogP) is 2.04. The van der Waals surface area contributed by atoms with Crippen molar-refractivity contribution in [2.24, 2.45) is 5.41 Å². The lowest BCUT2D eigenvalue weighted by molar-refractivity contribution is -0.0672. The summed E-state index contributed by atoms with van der Waals surface area (Å²) >= 11 is 0. The number of ether oxygens (including phenoxy) is 1. The molecule has 2 rings (SSSR count). The van der Waals surface area contributed by atoms with Gasteiger partial charge in [0, 0.05) is 18.7 Å². The molecule has 0 spiro atoms. The zero-order chi connectivity index (χ0) is 12.6. The van der Waals surface area contributed by atoms with Gasteiger partial charge in [-0.25, -0.2) is 0 Å². The van der Waals surface area contributed by atoms with E-state index in [1.807, 2.05) is 0 Å². The van der Waals surface area contributed by atoms with Crippen molar-refractivity contribution in [2.45, 2.75) is 70.7 Å². The minimum atomic E-state index is -0.214. The number of rotatable bonds is 2. The fourth-order valence-electron chi connectivity index (χ4n) is 3.52. The van der Waals surface area contributed by atoms with Crippen LogP contribution in [0, 0.1) is 5.41 Å². The second kappa shape index (κ2) is 4.87. The molecule has 17 heavy (non-hydrogen) atoms. The monoisotopic (exact) mass is 241 g/mol. The van der Waals surface area contributed by atoms with Crippen LogP contribution in [0.4, 0.5) is 0 Å². The van der Waals surface area contributed by atoms with Gasteiger partial charge in [-0.1, -0.05) is 20.3 Å². The Hall–Kier alpha value is -0.120. The molecule has 1 heterocycles. The molecule has 1 aliphatic carbocycles. The number of hydrogen-bond donors (Lipinski definition) is 1. The van der Waals surface area contributed by atoms with Gasteiger partial charge in [-0.2, -0.15) is 0 Å². The van der Waals surface area contributed by atoms with Gasteiger partial charge in [0.25, 0.3) is 0 Å². The van der Waals surface area contributed by atoms with Gasteiger partial charge < -0.3 is 9.84 Å². The lowest BCUT2D eigenvalue weighted by Crippen LogP contribution is -2.55. The van der Waals surface area contributed by atoms with Crippen molar-refractivity contribution in [1.82, 2.24) is 4.90 Å². The van der Waals surface area contributed by atoms with Crippen molar-refractivity contribution in [3.05, 3.63) is 0 Å². The third kappa shape index (κ3) is 2.51. The summed E-state index contributed by atoms with van der Waals surface area (Å²) in [7, 11) is 2.16. The van der Waals surface area contributed by atoms with Crippen LogP contribution < -0.4 is 0 Å². The van der Waals surface area contributed by atoms with Gasteiger partial charge in [0.1, 0.15) is 0 Å². The van der Waals surface area contributed by atoms with Crippen molar-refractivity contribution >= 4 is 0 Å². The first-order valence-electron chi connectivity index (χ1n) is 6.95. The minimum Gasteiger partial charge on any atom is -0.391 e. The number of hydrogen-bond acceptors (Lipinski definition) is 3. The van der Waals surface area contributed by atoms with Crippen LogP contribution in [0.5, 0.6) is 0 Å². The second-order valence-corrected chi connectivity index (χ2v) is 6.49. The third-order valence-corrected chi connectivity index (χ3v) is 4.87. The molecule has 0 amide bonds. The molecule has 0 aromatic rings. The van der Waals surface area contributed by atoms with Crippen molar-refractivity contribution in [3.63, 3.8) is 0 Å². The first-order chi connectivity index (χ1) is 7.93. The molecule has 3 heteroatoms. The average molecular weight is 241 g/mol. The molecule has 1 saturated heterocycles. The molecule has 3 nitrogen and oxygen atoms in total. The zero-order valence-electron chi connectivity index (χ0n) is 11.6. The van der Waals surface area contributed by atoms with Gasteiger partial charge in [-0.3, -0.25) is 4.90 Å². The Morgan fingerprint density at radius 1 is 1.24 bits per heavy atom. The smallest absolute Gasteiger partial charge is 0.0746 e. The summed E-state index contributed by atoms with van der Waals surface area (Å²) in [5, 5.41) is 10.5. The van der Waals surface area contributed by atoms with Gasteiger partial charge >= 0.3 is 0 Å². The Kier molecular flexibility index (Phi) is 3.81. The molecule has 0 aromatic heterocycles. The van der Waals surface area contributed by atoms with Crippen molar-refractivity contribution in [3.8, 4) is 0 Å². The lowest BCUT2D eigenvalue weighted by Gasteiger charge is -2.46. The van der Waals surface area contributed by atoms with Crippen LogP contribution >= 0.6 is 0 Å². The molecule has 0 bridgehead atoms. The summed E-state index contributed by atoms with van der Waals surface area (Å²) in [6.07, 6.45) is 4.66. The fraction of sp³-hybridized carbons (Fsp3) is 1.00. The van der Waals surface area contributed by atoms with Crippen LogP contribution in [0.15, 0.2) is 0 Å². The van der Waals surface area contributed by atoms with Crippen LogP contribution in [0.1, 0.15) is 46.5 Å². The first kappa shape index (κ1) is 13.3. The van der Waals surface area contributed by atoms with E-state index in [1.165, 1.54) is 6.42 Å². The van der Waals surface area contributed by atoms with E-state index in [0.29, 0.717) is 18.2 Å². The normalized spacial score (nSPS) is 42.0. The molecule has 0 radical (unpaired) electrons. The van der Waals surface area contributed by atoms with Crippen LogP contribution in [0.25, 0.3) is 0 Å². The maximum absolute atomic E-state index is 10.5. The van der Waals surface area contributed by atoms with Gasteiger partial charge in [-0.15, -0.1) is 0 Å². The Labute approximate surface area is 105 Å². The first-order valence-corrected chi connectivity index (χ1v) is 6.95. The predicted molar refractivity (Wildman–Crippen MR) is 69.0 cm³/mol. The van der Waals surface area contributed by atoms with Crippen LogP contribution in [0.3, 0.4) is 0 Å². The molecule has 1 N–H and O–H groups in total. The molecule has 2 fully saturated rings. The van der Waals surface area contributed by atoms with E-state index >= 15 is 0 Å². The van der Waals surface area contributed by atoms with Crippen molar-refractivity contribution in [1.29, 1.82) is 0 Å². The van der Waals surface area contributed by atoms with Crippen LogP contribution in [-0.4, -0.2) is 48.0 Å². The Morgan fingerprint density at radius 2 is 1.94 bits per heavy atom. The van der Waals surface area contributed by atoms with Crippen molar-refractivity contribution in [2.75, 3.05) is 13.7 Å². The highest BCUT2D eigenvalue weighted by atomic mass is 16.5. The number of aliphatic hydroxyl groups excluding tert-OH is 1. The fourth-order valence-corrected chi connectivity index (χ4v) is 3.52. The molecule has 1 saturated carbocycles. The van der Waals surface area contributed by atoms with E-state index in [4.69, 9.17) is 4.74 Å². The maximum Gasteiger partial charge on any atom is 0.0746 e. The zero-order valence-corrected chi connectivity index (χ0v) is 11.6. The standard InChI is InChI=1S/C14H27NO2/c1-10-11(7-9-17-10)15(4)12-6-5-8-14(2,3)13(12)16/h10-13,16H,5-9H2,1-4H3. The summed E-state index contributed by atoms with van der Waals surface area (Å²) in [5.41, 5.74) is 0.0554. The maximum atomic E-state index is 10.5. The number of nitrogens with zero attached hydrogens (tertiary/aromatic N) is 1. The van der Waals surface area contributed by atoms with E-state index in [-0.39, 0.29) is 11.5 Å². The average Bonchev–Trinajstić information content (AvgIpc) is 2.68. The van der Waals surface area contributed by atoms with Crippen LogP contribution in [0.2, 0.25) is 0 Å². The minimum absolute atomic E-state index is 0.0554. The van der Waals surface area contributed by atoms with Gasteiger partial charge in [-0.05, 0) is 38.6 Å². The third-order valence-electron chi connectivity index (χ3n) is 4.87. The largest absolute Gasteiger partial charge is 0.391 e. The van der Waals surface area contributed by atoms with Crippen LogP contribution in [-0.2, 0) is 4.74 Å². The van der Waals surface area contributed by atoms with E-state index in [0.717, 1.165) is 25.9 Å². The summed E-state index contributed by atoms with van der Waals surface area (Å²) in [6.45, 7) is 7.38. The Balaban J connectivity index is 2.05. The molecule has 2 aliphatic rings. The van der Waals surface area contributed by atoms with Gasteiger partial charge in [0.15, 0.2) is 0 Å². The molecular weight excluding hydrogens is 214 g/mol. The quantitative estimate of drug-likeness (QED) is 0.803. The van der Waals surface area contributed by atoms with Gasteiger partial charge in [0.2, 0.25) is 0 Å². The number of likely N-dealkylation sites (N-methyl/N-ethyl adjacent to an activating group) is 1. The highest BCUT2D eigenvalue weighted by Crippen LogP contribution is 2.38. The second-order valence-electron chi connectivity index (χ2n) is 6.49. The molecule has 4 atom stereocenters. The molecular formula is C14H27NO2. The topological polar surface area (TPSA) is 32.7 Å². The number of aliphatic hydroxyl groups is 1. The van der Waals surface area contributed by atoms with E-state index < -0.39 is 0 Å².